The molecule has 1 heterocycles. The number of carbonyl (C=O) groups excluding carboxylic acids is 2. The summed E-state index contributed by atoms with van der Waals surface area (Å²) in [6.07, 6.45) is 0.335. The Labute approximate surface area is 97.3 Å². The van der Waals surface area contributed by atoms with Crippen LogP contribution < -0.4 is 15.2 Å². The predicted molar refractivity (Wildman–Crippen MR) is 56.4 cm³/mol. The summed E-state index contributed by atoms with van der Waals surface area (Å²) >= 11 is 0. The van der Waals surface area contributed by atoms with Crippen molar-refractivity contribution in [3.05, 3.63) is 23.8 Å². The van der Waals surface area contributed by atoms with Crippen LogP contribution in [0.3, 0.4) is 0 Å². The molecule has 0 fully saturated rings. The molecule has 0 saturated heterocycles. The second-order valence-corrected chi connectivity index (χ2v) is 3.46. The molecule has 1 atom stereocenters. The van der Waals surface area contributed by atoms with E-state index in [1.807, 2.05) is 0 Å². The van der Waals surface area contributed by atoms with Gasteiger partial charge in [0.25, 0.3) is 0 Å². The van der Waals surface area contributed by atoms with Crippen molar-refractivity contribution in [2.24, 2.45) is 5.73 Å². The van der Waals surface area contributed by atoms with Gasteiger partial charge in [0.1, 0.15) is 12.9 Å². The third kappa shape index (κ3) is 2.54. The number of carbonyl (C=O) groups is 2. The minimum absolute atomic E-state index is 0.0387. The van der Waals surface area contributed by atoms with Crippen molar-refractivity contribution in [2.45, 2.75) is 12.6 Å². The Morgan fingerprint density at radius 3 is 3.00 bits per heavy atom. The lowest BCUT2D eigenvalue weighted by Crippen LogP contribution is -2.33. The van der Waals surface area contributed by atoms with Gasteiger partial charge >= 0.3 is 5.97 Å². The Hall–Kier alpha value is -2.08. The van der Waals surface area contributed by atoms with Gasteiger partial charge in [-0.15, -0.1) is 0 Å². The van der Waals surface area contributed by atoms with Gasteiger partial charge in [-0.2, -0.15) is 0 Å². The summed E-state index contributed by atoms with van der Waals surface area (Å²) in [6, 6.07) is 3.95. The summed E-state index contributed by atoms with van der Waals surface area (Å²) < 4.78 is 15.2. The molecule has 1 unspecified atom stereocenters. The lowest BCUT2D eigenvalue weighted by Gasteiger charge is -2.06. The van der Waals surface area contributed by atoms with Gasteiger partial charge in [0.2, 0.25) is 6.79 Å². The molecule has 1 aliphatic rings. The monoisotopic (exact) mass is 237 g/mol. The fourth-order valence-electron chi connectivity index (χ4n) is 1.34. The van der Waals surface area contributed by atoms with Crippen LogP contribution in [0.5, 0.6) is 11.5 Å². The Morgan fingerprint density at radius 2 is 2.24 bits per heavy atom. The highest BCUT2D eigenvalue weighted by molar-refractivity contribution is 5.91. The first-order chi connectivity index (χ1) is 8.20. The summed E-state index contributed by atoms with van der Waals surface area (Å²) in [5.41, 5.74) is 5.92. The highest BCUT2D eigenvalue weighted by Gasteiger charge is 2.16. The summed E-state index contributed by atoms with van der Waals surface area (Å²) in [4.78, 5) is 21.4. The third-order valence-electron chi connectivity index (χ3n) is 2.24. The molecular weight excluding hydrogens is 226 g/mol. The highest BCUT2D eigenvalue weighted by Crippen LogP contribution is 2.32. The molecule has 0 bridgehead atoms. The van der Waals surface area contributed by atoms with Crippen molar-refractivity contribution < 1.29 is 23.8 Å². The number of aldehydes is 1. The zero-order valence-corrected chi connectivity index (χ0v) is 8.92. The van der Waals surface area contributed by atoms with E-state index in [0.29, 0.717) is 17.8 Å². The molecule has 2 rings (SSSR count). The molecule has 0 aliphatic carbocycles. The maximum atomic E-state index is 11.1. The van der Waals surface area contributed by atoms with Crippen LogP contribution in [0.25, 0.3) is 0 Å². The summed E-state index contributed by atoms with van der Waals surface area (Å²) in [7, 11) is 0. The maximum absolute atomic E-state index is 11.1. The van der Waals surface area contributed by atoms with E-state index in [1.165, 1.54) is 0 Å². The molecule has 0 aromatic heterocycles. The lowest BCUT2D eigenvalue weighted by molar-refractivity contribution is -0.147. The molecule has 1 aromatic carbocycles. The number of esters is 1. The van der Waals surface area contributed by atoms with Gasteiger partial charge < -0.3 is 24.7 Å². The van der Waals surface area contributed by atoms with Crippen LogP contribution in [0, 0.1) is 0 Å². The number of hydrogen-bond acceptors (Lipinski definition) is 6. The van der Waals surface area contributed by atoms with Gasteiger partial charge in [-0.05, 0) is 17.7 Å². The first kappa shape index (κ1) is 11.4. The van der Waals surface area contributed by atoms with Crippen LogP contribution in [0.15, 0.2) is 18.2 Å². The van der Waals surface area contributed by atoms with E-state index in [9.17, 15) is 9.59 Å². The molecule has 90 valence electrons. The molecule has 6 heteroatoms. The second-order valence-electron chi connectivity index (χ2n) is 3.46. The van der Waals surface area contributed by atoms with E-state index < -0.39 is 12.0 Å². The zero-order chi connectivity index (χ0) is 12.3. The summed E-state index contributed by atoms with van der Waals surface area (Å²) in [5, 5.41) is 0. The topological polar surface area (TPSA) is 87.9 Å². The van der Waals surface area contributed by atoms with Crippen molar-refractivity contribution in [3.8, 4) is 11.5 Å². The molecular formula is C11H11NO5. The van der Waals surface area contributed by atoms with E-state index in [1.54, 1.807) is 18.2 Å². The van der Waals surface area contributed by atoms with E-state index >= 15 is 0 Å². The standard InChI is InChI=1S/C11H11NO5/c12-8(4-13)11(14)15-5-7-1-2-9-10(3-7)17-6-16-9/h1-4,8H,5-6,12H2. The van der Waals surface area contributed by atoms with Crippen molar-refractivity contribution >= 4 is 12.3 Å². The summed E-state index contributed by atoms with van der Waals surface area (Å²) in [5.74, 6) is 0.514. The smallest absolute Gasteiger partial charge is 0.330 e. The number of rotatable bonds is 4. The fraction of sp³-hybridized carbons (Fsp3) is 0.273. The van der Waals surface area contributed by atoms with Crippen molar-refractivity contribution in [2.75, 3.05) is 6.79 Å². The molecule has 1 aliphatic heterocycles. The van der Waals surface area contributed by atoms with Crippen molar-refractivity contribution in [1.82, 2.24) is 0 Å². The molecule has 17 heavy (non-hydrogen) atoms. The van der Waals surface area contributed by atoms with Gasteiger partial charge in [0, 0.05) is 0 Å². The quantitative estimate of drug-likeness (QED) is 0.450. The fourth-order valence-corrected chi connectivity index (χ4v) is 1.34. The first-order valence-electron chi connectivity index (χ1n) is 4.97. The Kier molecular flexibility index (Phi) is 3.24. The zero-order valence-electron chi connectivity index (χ0n) is 8.92. The number of ether oxygens (including phenoxy) is 3. The van der Waals surface area contributed by atoms with Gasteiger partial charge in [-0.1, -0.05) is 6.07 Å². The number of nitrogens with two attached hydrogens (primary N) is 1. The Morgan fingerprint density at radius 1 is 1.47 bits per heavy atom. The molecule has 2 N–H and O–H groups in total. The molecule has 1 aromatic rings. The maximum Gasteiger partial charge on any atom is 0.330 e. The van der Waals surface area contributed by atoms with Crippen LogP contribution >= 0.6 is 0 Å². The molecule has 0 amide bonds. The molecule has 0 spiro atoms. The SMILES string of the molecule is NC(C=O)C(=O)OCc1ccc2c(c1)OCO2. The highest BCUT2D eigenvalue weighted by atomic mass is 16.7. The van der Waals surface area contributed by atoms with E-state index in [0.717, 1.165) is 5.56 Å². The van der Waals surface area contributed by atoms with Crippen molar-refractivity contribution in [3.63, 3.8) is 0 Å². The minimum Gasteiger partial charge on any atom is -0.459 e. The van der Waals surface area contributed by atoms with Crippen LogP contribution in [0.4, 0.5) is 0 Å². The van der Waals surface area contributed by atoms with E-state index in [2.05, 4.69) is 0 Å². The Balaban J connectivity index is 1.96. The number of fused-ring (bicyclic) bond motifs is 1. The van der Waals surface area contributed by atoms with Crippen LogP contribution in [-0.2, 0) is 20.9 Å². The average molecular weight is 237 g/mol. The van der Waals surface area contributed by atoms with Crippen molar-refractivity contribution in [1.29, 1.82) is 0 Å². The lowest BCUT2D eigenvalue weighted by atomic mass is 10.2. The Bertz CT molecular complexity index is 445. The van der Waals surface area contributed by atoms with Crippen LogP contribution in [-0.4, -0.2) is 25.1 Å². The predicted octanol–water partition coefficient (Wildman–Crippen LogP) is -0.0153. The molecule has 0 saturated carbocycles. The van der Waals surface area contributed by atoms with E-state index in [-0.39, 0.29) is 13.4 Å². The van der Waals surface area contributed by atoms with Crippen LogP contribution in [0.1, 0.15) is 5.56 Å². The van der Waals surface area contributed by atoms with E-state index in [4.69, 9.17) is 19.9 Å². The molecule has 0 radical (unpaired) electrons. The third-order valence-corrected chi connectivity index (χ3v) is 2.24. The summed E-state index contributed by atoms with van der Waals surface area (Å²) in [6.45, 7) is 0.228. The second kappa shape index (κ2) is 4.84. The number of benzene rings is 1. The average Bonchev–Trinajstić information content (AvgIpc) is 2.82. The molecule has 6 nitrogen and oxygen atoms in total. The normalized spacial score (nSPS) is 14.2. The van der Waals surface area contributed by atoms with Gasteiger partial charge in [0.05, 0.1) is 0 Å². The largest absolute Gasteiger partial charge is 0.459 e. The van der Waals surface area contributed by atoms with Gasteiger partial charge in [-0.3, -0.25) is 0 Å². The van der Waals surface area contributed by atoms with Gasteiger partial charge in [0.15, 0.2) is 17.5 Å². The first-order valence-corrected chi connectivity index (χ1v) is 4.97. The van der Waals surface area contributed by atoms with Gasteiger partial charge in [-0.25, -0.2) is 4.79 Å². The minimum atomic E-state index is -1.23. The van der Waals surface area contributed by atoms with Crippen LogP contribution in [0.2, 0.25) is 0 Å². The number of hydrogen-bond donors (Lipinski definition) is 1.